The Labute approximate surface area is 172 Å². The topological polar surface area (TPSA) is 69.0 Å². The molecule has 158 valence electrons. The smallest absolute Gasteiger partial charge is 0.325 e. The van der Waals surface area contributed by atoms with E-state index in [0.29, 0.717) is 12.2 Å². The van der Waals surface area contributed by atoms with Gasteiger partial charge >= 0.3 is 5.97 Å². The van der Waals surface area contributed by atoms with Crippen LogP contribution in [-0.2, 0) is 21.4 Å². The molecule has 0 saturated heterocycles. The highest BCUT2D eigenvalue weighted by Crippen LogP contribution is 2.32. The second kappa shape index (κ2) is 9.63. The minimum Gasteiger partial charge on any atom is -0.496 e. The molecule has 29 heavy (non-hydrogen) atoms. The lowest BCUT2D eigenvalue weighted by Gasteiger charge is -2.24. The fourth-order valence-corrected chi connectivity index (χ4v) is 2.98. The molecule has 6 nitrogen and oxygen atoms in total. The summed E-state index contributed by atoms with van der Waals surface area (Å²) in [6.45, 7) is 8.47. The zero-order valence-electron chi connectivity index (χ0n) is 18.2. The van der Waals surface area contributed by atoms with E-state index in [9.17, 15) is 9.59 Å². The van der Waals surface area contributed by atoms with E-state index in [1.807, 2.05) is 6.07 Å². The lowest BCUT2D eigenvalue weighted by molar-refractivity contribution is -0.143. The number of carbonyl (C=O) groups excluding carboxylic acids is 2. The standard InChI is InChI=1S/C23H31NO5/c1-7-23(3,4)17-9-11-19(27-6)16(13-17)14-18-10-12-20(29-18)22(26)24(5)15-21(25)28-8-2/h9-13H,7-8,14-15H2,1-6H3. The molecule has 0 spiro atoms. The van der Waals surface area contributed by atoms with Gasteiger partial charge in [0.1, 0.15) is 18.1 Å². The van der Waals surface area contributed by atoms with Crippen LogP contribution in [0.3, 0.4) is 0 Å². The lowest BCUT2D eigenvalue weighted by Crippen LogP contribution is -2.32. The molecule has 0 aliphatic heterocycles. The van der Waals surface area contributed by atoms with Gasteiger partial charge in [0.25, 0.3) is 5.91 Å². The quantitative estimate of drug-likeness (QED) is 0.589. The van der Waals surface area contributed by atoms with Crippen molar-refractivity contribution in [1.29, 1.82) is 0 Å². The predicted octanol–water partition coefficient (Wildman–Crippen LogP) is 4.20. The summed E-state index contributed by atoms with van der Waals surface area (Å²) >= 11 is 0. The Morgan fingerprint density at radius 3 is 2.48 bits per heavy atom. The molecule has 0 saturated carbocycles. The molecule has 0 atom stereocenters. The number of furan rings is 1. The zero-order valence-corrected chi connectivity index (χ0v) is 18.2. The highest BCUT2D eigenvalue weighted by molar-refractivity contribution is 5.93. The Morgan fingerprint density at radius 2 is 1.86 bits per heavy atom. The van der Waals surface area contributed by atoms with Gasteiger partial charge in [0.15, 0.2) is 5.76 Å². The lowest BCUT2D eigenvalue weighted by atomic mass is 9.81. The fraction of sp³-hybridized carbons (Fsp3) is 0.478. The molecule has 1 aromatic carbocycles. The number of rotatable bonds is 9. The summed E-state index contributed by atoms with van der Waals surface area (Å²) in [7, 11) is 3.19. The summed E-state index contributed by atoms with van der Waals surface area (Å²) in [4.78, 5) is 25.4. The summed E-state index contributed by atoms with van der Waals surface area (Å²) in [5.74, 6) is 0.815. The van der Waals surface area contributed by atoms with E-state index in [-0.39, 0.29) is 30.2 Å². The SMILES string of the molecule is CCOC(=O)CN(C)C(=O)c1ccc(Cc2cc(C(C)(C)CC)ccc2OC)o1. The van der Waals surface area contributed by atoms with Crippen molar-refractivity contribution in [3.8, 4) is 5.75 Å². The van der Waals surface area contributed by atoms with Crippen LogP contribution in [0.25, 0.3) is 0 Å². The molecule has 0 unspecified atom stereocenters. The predicted molar refractivity (Wildman–Crippen MR) is 111 cm³/mol. The van der Waals surface area contributed by atoms with E-state index in [1.165, 1.54) is 10.5 Å². The van der Waals surface area contributed by atoms with Crippen LogP contribution >= 0.6 is 0 Å². The van der Waals surface area contributed by atoms with Crippen LogP contribution in [0.2, 0.25) is 0 Å². The highest BCUT2D eigenvalue weighted by Gasteiger charge is 2.22. The van der Waals surface area contributed by atoms with Crippen LogP contribution in [0.15, 0.2) is 34.7 Å². The molecule has 0 bridgehead atoms. The Kier molecular flexibility index (Phi) is 7.48. The number of likely N-dealkylation sites (N-methyl/N-ethyl adjacent to an activating group) is 1. The molecule has 0 aliphatic rings. The molecule has 0 fully saturated rings. The van der Waals surface area contributed by atoms with Gasteiger partial charge < -0.3 is 18.8 Å². The summed E-state index contributed by atoms with van der Waals surface area (Å²) in [6.07, 6.45) is 1.52. The van der Waals surface area contributed by atoms with Crippen molar-refractivity contribution in [2.75, 3.05) is 27.3 Å². The Balaban J connectivity index is 2.18. The normalized spacial score (nSPS) is 11.2. The molecule has 0 N–H and O–H groups in total. The van der Waals surface area contributed by atoms with Crippen molar-refractivity contribution in [2.24, 2.45) is 0 Å². The summed E-state index contributed by atoms with van der Waals surface area (Å²) in [6, 6.07) is 9.62. The first kappa shape index (κ1) is 22.5. The average molecular weight is 402 g/mol. The van der Waals surface area contributed by atoms with Crippen LogP contribution in [0.1, 0.15) is 61.6 Å². The number of carbonyl (C=O) groups is 2. The van der Waals surface area contributed by atoms with Gasteiger partial charge in [0.05, 0.1) is 13.7 Å². The number of methoxy groups -OCH3 is 1. The summed E-state index contributed by atoms with van der Waals surface area (Å²) in [5.41, 5.74) is 2.29. The van der Waals surface area contributed by atoms with Crippen molar-refractivity contribution in [1.82, 2.24) is 4.90 Å². The van der Waals surface area contributed by atoms with Crippen LogP contribution in [-0.4, -0.2) is 44.1 Å². The maximum absolute atomic E-state index is 12.5. The molecule has 6 heteroatoms. The number of ether oxygens (including phenoxy) is 2. The zero-order chi connectivity index (χ0) is 21.6. The van der Waals surface area contributed by atoms with Gasteiger partial charge in [-0.1, -0.05) is 32.9 Å². The second-order valence-corrected chi connectivity index (χ2v) is 7.67. The van der Waals surface area contributed by atoms with Crippen LogP contribution in [0.5, 0.6) is 5.75 Å². The second-order valence-electron chi connectivity index (χ2n) is 7.67. The molecular weight excluding hydrogens is 370 g/mol. The molecular formula is C23H31NO5. The van der Waals surface area contributed by atoms with Crippen molar-refractivity contribution in [3.05, 3.63) is 53.0 Å². The molecule has 2 rings (SSSR count). The van der Waals surface area contributed by atoms with Crippen molar-refractivity contribution in [3.63, 3.8) is 0 Å². The molecule has 0 aliphatic carbocycles. The maximum Gasteiger partial charge on any atom is 0.325 e. The summed E-state index contributed by atoms with van der Waals surface area (Å²) < 4.78 is 16.2. The van der Waals surface area contributed by atoms with Crippen molar-refractivity contribution in [2.45, 2.75) is 46.0 Å². The number of hydrogen-bond acceptors (Lipinski definition) is 5. The van der Waals surface area contributed by atoms with Gasteiger partial charge in [-0.25, -0.2) is 0 Å². The first-order valence-corrected chi connectivity index (χ1v) is 9.89. The fourth-order valence-electron chi connectivity index (χ4n) is 2.98. The van der Waals surface area contributed by atoms with Gasteiger partial charge in [-0.3, -0.25) is 9.59 Å². The van der Waals surface area contributed by atoms with Crippen LogP contribution in [0, 0.1) is 0 Å². The number of hydrogen-bond donors (Lipinski definition) is 0. The van der Waals surface area contributed by atoms with Gasteiger partial charge in [0, 0.05) is 19.0 Å². The monoisotopic (exact) mass is 401 g/mol. The average Bonchev–Trinajstić information content (AvgIpc) is 3.15. The molecule has 1 heterocycles. The van der Waals surface area contributed by atoms with E-state index in [1.54, 1.807) is 33.2 Å². The van der Waals surface area contributed by atoms with E-state index >= 15 is 0 Å². The highest BCUT2D eigenvalue weighted by atomic mass is 16.5. The number of benzene rings is 1. The molecule has 2 aromatic rings. The van der Waals surface area contributed by atoms with E-state index in [2.05, 4.69) is 32.9 Å². The maximum atomic E-state index is 12.5. The minimum atomic E-state index is -0.449. The number of esters is 1. The van der Waals surface area contributed by atoms with E-state index in [4.69, 9.17) is 13.9 Å². The molecule has 0 radical (unpaired) electrons. The van der Waals surface area contributed by atoms with Gasteiger partial charge in [-0.05, 0) is 42.5 Å². The largest absolute Gasteiger partial charge is 0.496 e. The first-order valence-electron chi connectivity index (χ1n) is 9.89. The first-order chi connectivity index (χ1) is 13.7. The Morgan fingerprint density at radius 1 is 1.14 bits per heavy atom. The van der Waals surface area contributed by atoms with Gasteiger partial charge in [-0.15, -0.1) is 0 Å². The minimum absolute atomic E-state index is 0.0567. The third-order valence-electron chi connectivity index (χ3n) is 5.20. The van der Waals surface area contributed by atoms with Crippen molar-refractivity contribution >= 4 is 11.9 Å². The van der Waals surface area contributed by atoms with E-state index < -0.39 is 5.97 Å². The van der Waals surface area contributed by atoms with E-state index in [0.717, 1.165) is 17.7 Å². The van der Waals surface area contributed by atoms with Gasteiger partial charge in [-0.2, -0.15) is 0 Å². The van der Waals surface area contributed by atoms with Crippen molar-refractivity contribution < 1.29 is 23.5 Å². The van der Waals surface area contributed by atoms with Crippen LogP contribution in [0.4, 0.5) is 0 Å². The van der Waals surface area contributed by atoms with Gasteiger partial charge in [0.2, 0.25) is 0 Å². The Hall–Kier alpha value is -2.76. The van der Waals surface area contributed by atoms with Crippen LogP contribution < -0.4 is 4.74 Å². The molecule has 1 aromatic heterocycles. The third kappa shape index (κ3) is 5.62. The molecule has 1 amide bonds. The number of nitrogens with zero attached hydrogens (tertiary/aromatic N) is 1. The Bertz CT molecular complexity index is 853. The third-order valence-corrected chi connectivity index (χ3v) is 5.20. The number of amides is 1. The summed E-state index contributed by atoms with van der Waals surface area (Å²) in [5, 5.41) is 0.